The summed E-state index contributed by atoms with van der Waals surface area (Å²) in [6.45, 7) is 0. The summed E-state index contributed by atoms with van der Waals surface area (Å²) in [5.41, 5.74) is 0.644. The Morgan fingerprint density at radius 2 is 1.77 bits per heavy atom. The van der Waals surface area contributed by atoms with Crippen molar-refractivity contribution in [2.24, 2.45) is 4.99 Å². The van der Waals surface area contributed by atoms with Crippen molar-refractivity contribution in [2.75, 3.05) is 7.05 Å². The Morgan fingerprint density at radius 3 is 2.23 bits per heavy atom. The molecular formula is C8H8AuCl2NO. The molecule has 0 radical (unpaired) electrons. The molecule has 0 atom stereocenters. The third-order valence-electron chi connectivity index (χ3n) is 1.19. The molecule has 1 rings (SSSR count). The minimum absolute atomic E-state index is 0. The number of hydrogen-bond donors (Lipinski definition) is 0. The molecule has 0 amide bonds. The van der Waals surface area contributed by atoms with Crippen LogP contribution in [0.15, 0.2) is 29.3 Å². The van der Waals surface area contributed by atoms with Gasteiger partial charge in [-0.2, -0.15) is 0 Å². The molecule has 5 heteroatoms. The molecule has 0 aliphatic rings. The Kier molecular flexibility index (Phi) is 14.5. The van der Waals surface area contributed by atoms with Crippen molar-refractivity contribution in [1.29, 1.82) is 0 Å². The van der Waals surface area contributed by atoms with Gasteiger partial charge in [-0.05, 0) is 5.56 Å². The molecule has 0 spiro atoms. The fourth-order valence-electron chi connectivity index (χ4n) is 0.726. The van der Waals surface area contributed by atoms with Crippen LogP contribution in [-0.4, -0.2) is 13.3 Å². The Hall–Kier alpha value is 0.0103. The van der Waals surface area contributed by atoms with Crippen molar-refractivity contribution < 1.29 is 52.3 Å². The van der Waals surface area contributed by atoms with Crippen LogP contribution in [0.5, 0.6) is 5.75 Å². The first kappa shape index (κ1) is 18.7. The van der Waals surface area contributed by atoms with E-state index in [4.69, 9.17) is 0 Å². The van der Waals surface area contributed by atoms with Gasteiger partial charge in [-0.3, -0.25) is 4.99 Å². The zero-order chi connectivity index (χ0) is 7.40. The van der Waals surface area contributed by atoms with Gasteiger partial charge < -0.3 is 29.9 Å². The van der Waals surface area contributed by atoms with Crippen LogP contribution in [-0.2, 0) is 22.4 Å². The second kappa shape index (κ2) is 10.1. The second-order valence-corrected chi connectivity index (χ2v) is 1.93. The number of para-hydroxylation sites is 1. The Bertz CT molecular complexity index is 256. The zero-order valence-corrected chi connectivity index (χ0v) is 10.5. The third-order valence-corrected chi connectivity index (χ3v) is 1.19. The topological polar surface area (TPSA) is 35.4 Å². The molecule has 0 fully saturated rings. The Morgan fingerprint density at radius 1 is 1.23 bits per heavy atom. The number of benzene rings is 1. The van der Waals surface area contributed by atoms with Crippen LogP contribution in [0.3, 0.4) is 0 Å². The first-order valence-corrected chi connectivity index (χ1v) is 3.03. The maximum absolute atomic E-state index is 10.9. The van der Waals surface area contributed by atoms with Crippen molar-refractivity contribution >= 4 is 6.21 Å². The van der Waals surface area contributed by atoms with Crippen LogP contribution in [0.1, 0.15) is 5.56 Å². The van der Waals surface area contributed by atoms with Gasteiger partial charge in [0.1, 0.15) is 0 Å². The summed E-state index contributed by atoms with van der Waals surface area (Å²) < 4.78 is 0. The first-order valence-electron chi connectivity index (χ1n) is 3.03. The van der Waals surface area contributed by atoms with Crippen LogP contribution in [0.2, 0.25) is 0 Å². The normalized spacial score (nSPS) is 8.08. The van der Waals surface area contributed by atoms with E-state index in [0.29, 0.717) is 5.56 Å². The van der Waals surface area contributed by atoms with E-state index in [1.54, 1.807) is 25.4 Å². The summed E-state index contributed by atoms with van der Waals surface area (Å²) in [5.74, 6) is 0.0214. The maximum Gasteiger partial charge on any atom is 3.00 e. The fourth-order valence-corrected chi connectivity index (χ4v) is 0.726. The second-order valence-electron chi connectivity index (χ2n) is 1.93. The van der Waals surface area contributed by atoms with Crippen molar-refractivity contribution in [1.82, 2.24) is 0 Å². The molecule has 0 aliphatic heterocycles. The van der Waals surface area contributed by atoms with Gasteiger partial charge in [-0.15, -0.1) is 5.75 Å². The van der Waals surface area contributed by atoms with E-state index in [-0.39, 0.29) is 52.9 Å². The summed E-state index contributed by atoms with van der Waals surface area (Å²) >= 11 is 0. The van der Waals surface area contributed by atoms with E-state index in [9.17, 15) is 5.11 Å². The summed E-state index contributed by atoms with van der Waals surface area (Å²) in [7, 11) is 1.65. The van der Waals surface area contributed by atoms with E-state index < -0.39 is 0 Å². The summed E-state index contributed by atoms with van der Waals surface area (Å²) in [6.07, 6.45) is 1.56. The molecule has 0 N–H and O–H groups in total. The van der Waals surface area contributed by atoms with E-state index in [0.717, 1.165) is 0 Å². The molecule has 0 saturated heterocycles. The van der Waals surface area contributed by atoms with Crippen LogP contribution < -0.4 is 29.9 Å². The smallest absolute Gasteiger partial charge is 1.00 e. The molecule has 0 aliphatic carbocycles. The van der Waals surface area contributed by atoms with Gasteiger partial charge in [0.25, 0.3) is 0 Å². The van der Waals surface area contributed by atoms with Gasteiger partial charge in [0.15, 0.2) is 0 Å². The standard InChI is InChI=1S/C8H9NO.Au.2ClH/c1-9-6-7-4-2-3-5-8(7)10;;;/h2-6,10H,1H3;;2*1H/q;+3;;/p-3. The minimum atomic E-state index is 0. The fraction of sp³-hybridized carbons (Fsp3) is 0.125. The number of halogens is 2. The summed E-state index contributed by atoms with van der Waals surface area (Å²) in [4.78, 5) is 3.74. The van der Waals surface area contributed by atoms with Gasteiger partial charge in [0, 0.05) is 13.3 Å². The average molecular weight is 402 g/mol. The van der Waals surface area contributed by atoms with E-state index in [2.05, 4.69) is 4.99 Å². The SMILES string of the molecule is CN=Cc1ccccc1[O-].[Au+3].[Cl-].[Cl-]. The third kappa shape index (κ3) is 6.13. The van der Waals surface area contributed by atoms with Gasteiger partial charge in [0.05, 0.1) is 0 Å². The number of rotatable bonds is 1. The first-order chi connectivity index (χ1) is 4.84. The average Bonchev–Trinajstić information content (AvgIpc) is 1.94. The molecule has 0 bridgehead atoms. The van der Waals surface area contributed by atoms with Gasteiger partial charge in [-0.25, -0.2) is 0 Å². The summed E-state index contributed by atoms with van der Waals surface area (Å²) in [6, 6.07) is 6.81. The monoisotopic (exact) mass is 401 g/mol. The number of hydrogen-bond acceptors (Lipinski definition) is 2. The van der Waals surface area contributed by atoms with Crippen LogP contribution in [0, 0.1) is 0 Å². The van der Waals surface area contributed by atoms with Crippen molar-refractivity contribution in [3.8, 4) is 5.75 Å². The van der Waals surface area contributed by atoms with Gasteiger partial charge in [0.2, 0.25) is 0 Å². The zero-order valence-electron chi connectivity index (χ0n) is 6.80. The molecular weight excluding hydrogens is 394 g/mol. The summed E-state index contributed by atoms with van der Waals surface area (Å²) in [5, 5.41) is 10.9. The predicted octanol–water partition coefficient (Wildman–Crippen LogP) is -5.19. The van der Waals surface area contributed by atoms with Crippen molar-refractivity contribution in [3.05, 3.63) is 29.8 Å². The largest absolute Gasteiger partial charge is 3.00 e. The quantitative estimate of drug-likeness (QED) is 0.342. The number of aliphatic imine (C=N–C) groups is 1. The van der Waals surface area contributed by atoms with Crippen LogP contribution >= 0.6 is 0 Å². The molecule has 1 aromatic carbocycles. The molecule has 0 aromatic heterocycles. The van der Waals surface area contributed by atoms with Gasteiger partial charge >= 0.3 is 22.4 Å². The molecule has 0 heterocycles. The molecule has 0 unspecified atom stereocenters. The van der Waals surface area contributed by atoms with Crippen LogP contribution in [0.4, 0.5) is 0 Å². The molecule has 2 nitrogen and oxygen atoms in total. The van der Waals surface area contributed by atoms with Crippen LogP contribution in [0.25, 0.3) is 0 Å². The molecule has 76 valence electrons. The van der Waals surface area contributed by atoms with E-state index in [1.165, 1.54) is 6.07 Å². The Labute approximate surface area is 106 Å². The predicted molar refractivity (Wildman–Crippen MR) is 39.4 cm³/mol. The van der Waals surface area contributed by atoms with Gasteiger partial charge in [-0.1, -0.05) is 24.3 Å². The van der Waals surface area contributed by atoms with E-state index in [1.807, 2.05) is 6.07 Å². The molecule has 13 heavy (non-hydrogen) atoms. The molecule has 1 aromatic rings. The minimum Gasteiger partial charge on any atom is -1.00 e. The maximum atomic E-state index is 10.9. The molecule has 0 saturated carbocycles. The van der Waals surface area contributed by atoms with Crippen molar-refractivity contribution in [2.45, 2.75) is 0 Å². The number of nitrogens with zero attached hydrogens (tertiary/aromatic N) is 1. The van der Waals surface area contributed by atoms with E-state index >= 15 is 0 Å². The van der Waals surface area contributed by atoms with Crippen molar-refractivity contribution in [3.63, 3.8) is 0 Å². The Balaban J connectivity index is -0.000000333.